The predicted molar refractivity (Wildman–Crippen MR) is 49.0 cm³/mol. The highest BCUT2D eigenvalue weighted by atomic mass is 35.5. The van der Waals surface area contributed by atoms with Gasteiger partial charge >= 0.3 is 0 Å². The van der Waals surface area contributed by atoms with Crippen LogP contribution in [0.5, 0.6) is 0 Å². The predicted octanol–water partition coefficient (Wildman–Crippen LogP) is 1.16. The van der Waals surface area contributed by atoms with Gasteiger partial charge in [0.25, 0.3) is 0 Å². The average Bonchev–Trinajstić information content (AvgIpc) is 2.32. The van der Waals surface area contributed by atoms with E-state index in [1.807, 2.05) is 0 Å². The number of alkyl halides is 2. The summed E-state index contributed by atoms with van der Waals surface area (Å²) >= 11 is 11.6. The molecule has 0 aromatic rings. The second kappa shape index (κ2) is 2.76. The van der Waals surface area contributed by atoms with Crippen LogP contribution in [0.3, 0.4) is 0 Å². The molecule has 0 aromatic heterocycles. The normalized spacial score (nSPS) is 31.8. The number of carbonyl (C=O) groups is 1. The Balaban J connectivity index is 2.56. The SMILES string of the molecule is CN(C)NC(=O)C1(C)CC1(Cl)Cl. The standard InChI is InChI=1S/C7H12Cl2N2O/c1-6(4-7(6,8)9)5(12)10-11(2)3/h4H2,1-3H3,(H,10,12). The van der Waals surface area contributed by atoms with Crippen LogP contribution >= 0.6 is 23.2 Å². The van der Waals surface area contributed by atoms with E-state index in [0.29, 0.717) is 6.42 Å². The first-order valence-corrected chi connectivity index (χ1v) is 4.41. The highest BCUT2D eigenvalue weighted by molar-refractivity contribution is 6.53. The molecule has 1 amide bonds. The van der Waals surface area contributed by atoms with Gasteiger partial charge in [0, 0.05) is 14.1 Å². The zero-order chi connectivity index (χ0) is 9.57. The highest BCUT2D eigenvalue weighted by Crippen LogP contribution is 2.63. The number of hydrogen-bond acceptors (Lipinski definition) is 2. The van der Waals surface area contributed by atoms with E-state index in [-0.39, 0.29) is 5.91 Å². The first kappa shape index (κ1) is 10.1. The Morgan fingerprint density at radius 1 is 1.50 bits per heavy atom. The number of nitrogens with zero attached hydrogens (tertiary/aromatic N) is 1. The second-order valence-corrected chi connectivity index (χ2v) is 5.03. The van der Waals surface area contributed by atoms with Gasteiger partial charge in [-0.05, 0) is 13.3 Å². The lowest BCUT2D eigenvalue weighted by molar-refractivity contribution is -0.129. The van der Waals surface area contributed by atoms with Crippen molar-refractivity contribution in [1.29, 1.82) is 0 Å². The van der Waals surface area contributed by atoms with Crippen molar-refractivity contribution in [2.45, 2.75) is 17.7 Å². The zero-order valence-corrected chi connectivity index (χ0v) is 8.83. The molecule has 0 radical (unpaired) electrons. The first-order chi connectivity index (χ1) is 5.29. The fourth-order valence-corrected chi connectivity index (χ4v) is 1.68. The zero-order valence-electron chi connectivity index (χ0n) is 7.32. The topological polar surface area (TPSA) is 32.3 Å². The van der Waals surface area contributed by atoms with Crippen LogP contribution in [0.15, 0.2) is 0 Å². The Kier molecular flexibility index (Phi) is 2.32. The largest absolute Gasteiger partial charge is 0.289 e. The van der Waals surface area contributed by atoms with Crippen LogP contribution in [0.4, 0.5) is 0 Å². The van der Waals surface area contributed by atoms with Gasteiger partial charge in [0.1, 0.15) is 4.33 Å². The third kappa shape index (κ3) is 1.53. The third-order valence-electron chi connectivity index (χ3n) is 2.08. The number of carbonyl (C=O) groups excluding carboxylic acids is 1. The summed E-state index contributed by atoms with van der Waals surface area (Å²) in [7, 11) is 3.49. The summed E-state index contributed by atoms with van der Waals surface area (Å²) in [6.45, 7) is 1.76. The fourth-order valence-electron chi connectivity index (χ4n) is 0.973. The molecule has 1 N–H and O–H groups in total. The molecule has 1 atom stereocenters. The number of amides is 1. The molecule has 1 unspecified atom stereocenters. The van der Waals surface area contributed by atoms with Crippen LogP contribution in [-0.4, -0.2) is 29.3 Å². The molecular weight excluding hydrogens is 199 g/mol. The van der Waals surface area contributed by atoms with Crippen molar-refractivity contribution in [3.8, 4) is 0 Å². The van der Waals surface area contributed by atoms with E-state index in [1.54, 1.807) is 26.0 Å². The van der Waals surface area contributed by atoms with Gasteiger partial charge in [0.2, 0.25) is 5.91 Å². The average molecular weight is 211 g/mol. The maximum absolute atomic E-state index is 11.4. The summed E-state index contributed by atoms with van der Waals surface area (Å²) in [6, 6.07) is 0. The van der Waals surface area contributed by atoms with Gasteiger partial charge in [-0.3, -0.25) is 10.2 Å². The smallest absolute Gasteiger partial charge is 0.243 e. The summed E-state index contributed by atoms with van der Waals surface area (Å²) < 4.78 is -0.882. The minimum atomic E-state index is -0.882. The molecule has 3 nitrogen and oxygen atoms in total. The highest BCUT2D eigenvalue weighted by Gasteiger charge is 2.68. The van der Waals surface area contributed by atoms with E-state index in [4.69, 9.17) is 23.2 Å². The van der Waals surface area contributed by atoms with Crippen molar-refractivity contribution in [3.05, 3.63) is 0 Å². The molecule has 1 rings (SSSR count). The van der Waals surface area contributed by atoms with Crippen molar-refractivity contribution in [1.82, 2.24) is 10.4 Å². The number of nitrogens with one attached hydrogen (secondary N) is 1. The van der Waals surface area contributed by atoms with Crippen molar-refractivity contribution in [2.24, 2.45) is 5.41 Å². The van der Waals surface area contributed by atoms with E-state index < -0.39 is 9.75 Å². The molecule has 5 heteroatoms. The monoisotopic (exact) mass is 210 g/mol. The van der Waals surface area contributed by atoms with Crippen LogP contribution in [-0.2, 0) is 4.79 Å². The van der Waals surface area contributed by atoms with Gasteiger partial charge in [-0.15, -0.1) is 23.2 Å². The summed E-state index contributed by atoms with van der Waals surface area (Å²) in [5.41, 5.74) is 2.00. The lowest BCUT2D eigenvalue weighted by Gasteiger charge is -2.16. The van der Waals surface area contributed by atoms with Gasteiger partial charge in [0.15, 0.2) is 0 Å². The van der Waals surface area contributed by atoms with Gasteiger partial charge in [-0.2, -0.15) is 0 Å². The van der Waals surface area contributed by atoms with Crippen molar-refractivity contribution < 1.29 is 4.79 Å². The molecule has 70 valence electrons. The Morgan fingerprint density at radius 3 is 2.17 bits per heavy atom. The van der Waals surface area contributed by atoms with Crippen molar-refractivity contribution >= 4 is 29.1 Å². The molecule has 12 heavy (non-hydrogen) atoms. The quantitative estimate of drug-likeness (QED) is 0.549. The molecule has 0 saturated heterocycles. The second-order valence-electron chi connectivity index (χ2n) is 3.55. The number of hydrogen-bond donors (Lipinski definition) is 1. The van der Waals surface area contributed by atoms with Gasteiger partial charge in [-0.1, -0.05) is 0 Å². The van der Waals surface area contributed by atoms with E-state index in [9.17, 15) is 4.79 Å². The van der Waals surface area contributed by atoms with E-state index >= 15 is 0 Å². The fraction of sp³-hybridized carbons (Fsp3) is 0.857. The molecule has 1 fully saturated rings. The minimum absolute atomic E-state index is 0.127. The Bertz CT molecular complexity index is 217. The van der Waals surface area contributed by atoms with Crippen LogP contribution in [0.1, 0.15) is 13.3 Å². The number of hydrazine groups is 1. The van der Waals surface area contributed by atoms with Gasteiger partial charge < -0.3 is 0 Å². The van der Waals surface area contributed by atoms with Crippen molar-refractivity contribution in [3.63, 3.8) is 0 Å². The summed E-state index contributed by atoms with van der Waals surface area (Å²) in [4.78, 5) is 11.4. The molecule has 0 aromatic carbocycles. The molecule has 0 aliphatic heterocycles. The summed E-state index contributed by atoms with van der Waals surface area (Å²) in [6.07, 6.45) is 0.517. The number of halogens is 2. The Morgan fingerprint density at radius 2 is 1.92 bits per heavy atom. The van der Waals surface area contributed by atoms with Crippen molar-refractivity contribution in [2.75, 3.05) is 14.1 Å². The van der Waals surface area contributed by atoms with Crippen LogP contribution < -0.4 is 5.43 Å². The minimum Gasteiger partial charge on any atom is -0.289 e. The van der Waals surface area contributed by atoms with Crippen LogP contribution in [0.2, 0.25) is 0 Å². The molecule has 1 aliphatic carbocycles. The van der Waals surface area contributed by atoms with E-state index in [1.165, 1.54) is 0 Å². The summed E-state index contributed by atoms with van der Waals surface area (Å²) in [5, 5.41) is 1.58. The molecule has 0 bridgehead atoms. The van der Waals surface area contributed by atoms with Crippen LogP contribution in [0, 0.1) is 5.41 Å². The molecular formula is C7H12Cl2N2O. The first-order valence-electron chi connectivity index (χ1n) is 3.66. The molecule has 1 saturated carbocycles. The Hall–Kier alpha value is 0.01000. The maximum atomic E-state index is 11.4. The van der Waals surface area contributed by atoms with Crippen LogP contribution in [0.25, 0.3) is 0 Å². The maximum Gasteiger partial charge on any atom is 0.243 e. The summed E-state index contributed by atoms with van der Waals surface area (Å²) in [5.74, 6) is -0.127. The van der Waals surface area contributed by atoms with Gasteiger partial charge in [-0.25, -0.2) is 5.01 Å². The molecule has 1 aliphatic rings. The lowest BCUT2D eigenvalue weighted by Crippen LogP contribution is -2.41. The molecule has 0 heterocycles. The number of rotatable bonds is 2. The van der Waals surface area contributed by atoms with Gasteiger partial charge in [0.05, 0.1) is 5.41 Å². The van der Waals surface area contributed by atoms with E-state index in [2.05, 4.69) is 5.43 Å². The Labute approximate surface area is 82.0 Å². The lowest BCUT2D eigenvalue weighted by atomic mass is 10.1. The van der Waals surface area contributed by atoms with E-state index in [0.717, 1.165) is 0 Å². The third-order valence-corrected chi connectivity index (χ3v) is 3.19. The molecule has 0 spiro atoms.